The van der Waals surface area contributed by atoms with E-state index in [1.165, 1.54) is 6.33 Å². The number of likely N-dealkylation sites (tertiary alicyclic amines) is 1. The van der Waals surface area contributed by atoms with E-state index in [1.807, 2.05) is 50.9 Å². The van der Waals surface area contributed by atoms with E-state index in [-0.39, 0.29) is 83.9 Å². The number of H-pyrrole nitrogens is 1. The Bertz CT molecular complexity index is 1530. The highest BCUT2D eigenvalue weighted by molar-refractivity contribution is 5.90. The van der Waals surface area contributed by atoms with E-state index in [9.17, 15) is 19.2 Å². The van der Waals surface area contributed by atoms with E-state index in [0.717, 1.165) is 44.1 Å². The van der Waals surface area contributed by atoms with Crippen LogP contribution in [0.15, 0.2) is 36.7 Å². The van der Waals surface area contributed by atoms with Gasteiger partial charge in [-0.2, -0.15) is 5.10 Å². The van der Waals surface area contributed by atoms with Gasteiger partial charge in [-0.15, -0.1) is 0 Å². The third-order valence-electron chi connectivity index (χ3n) is 13.4. The quantitative estimate of drug-likeness (QED) is 0.168. The Hall–Kier alpha value is -3.44. The zero-order valence-electron chi connectivity index (χ0n) is 34.0. The normalized spacial score (nSPS) is 24.9. The minimum atomic E-state index is -0.520. The van der Waals surface area contributed by atoms with E-state index in [1.54, 1.807) is 12.0 Å². The minimum absolute atomic E-state index is 0.00781. The number of amides is 2. The van der Waals surface area contributed by atoms with Gasteiger partial charge in [-0.1, -0.05) is 78.3 Å². The number of ether oxygens (including phenoxy) is 1. The molecule has 3 aliphatic rings. The first kappa shape index (κ1) is 41.7. The van der Waals surface area contributed by atoms with Crippen molar-refractivity contribution in [1.29, 1.82) is 0 Å². The third-order valence-corrected chi connectivity index (χ3v) is 13.4. The van der Waals surface area contributed by atoms with E-state index in [4.69, 9.17) is 4.74 Å². The van der Waals surface area contributed by atoms with Crippen LogP contribution >= 0.6 is 0 Å². The fraction of sp³-hybridized carbons (Fsp3) is 0.721. The number of hydrogen-bond donors (Lipinski definition) is 2. The number of aromatic amines is 1. The van der Waals surface area contributed by atoms with Crippen LogP contribution in [-0.4, -0.2) is 99.3 Å². The molecule has 2 aromatic rings. The summed E-state index contributed by atoms with van der Waals surface area (Å²) < 4.78 is 6.10. The van der Waals surface area contributed by atoms with Crippen molar-refractivity contribution in [3.63, 3.8) is 0 Å². The van der Waals surface area contributed by atoms with Crippen molar-refractivity contribution in [2.24, 2.45) is 35.5 Å². The van der Waals surface area contributed by atoms with Crippen molar-refractivity contribution in [2.75, 3.05) is 20.7 Å². The van der Waals surface area contributed by atoms with Crippen LogP contribution in [0.1, 0.15) is 117 Å². The molecule has 0 unspecified atom stereocenters. The predicted molar refractivity (Wildman–Crippen MR) is 209 cm³/mol. The van der Waals surface area contributed by atoms with Crippen molar-refractivity contribution < 1.29 is 23.9 Å². The van der Waals surface area contributed by atoms with Gasteiger partial charge in [0.2, 0.25) is 11.8 Å². The molecule has 1 aromatic heterocycles. The van der Waals surface area contributed by atoms with Gasteiger partial charge in [-0.05, 0) is 67.8 Å². The number of aromatic nitrogens is 3. The summed E-state index contributed by atoms with van der Waals surface area (Å²) in [6.45, 7) is 13.0. The number of fused-ring (bicyclic) bond motifs is 2. The van der Waals surface area contributed by atoms with Gasteiger partial charge >= 0.3 is 0 Å². The molecular weight excluding hydrogens is 681 g/mol. The van der Waals surface area contributed by atoms with Crippen LogP contribution in [0, 0.1) is 35.5 Å². The summed E-state index contributed by atoms with van der Waals surface area (Å²) >= 11 is 0. The zero-order chi connectivity index (χ0) is 39.1. The molecule has 2 aliphatic heterocycles. The Balaban J connectivity index is 1.24. The molecule has 11 heteroatoms. The molecule has 0 radical (unpaired) electrons. The molecule has 3 heterocycles. The second kappa shape index (κ2) is 18.9. The number of nitrogens with one attached hydrogen (secondary N) is 2. The number of nitrogens with zero attached hydrogens (tertiary/aromatic N) is 4. The van der Waals surface area contributed by atoms with Gasteiger partial charge in [0.1, 0.15) is 17.9 Å². The number of rotatable bonds is 20. The van der Waals surface area contributed by atoms with Crippen LogP contribution in [0.4, 0.5) is 0 Å². The molecule has 2 amide bonds. The predicted octanol–water partition coefficient (Wildman–Crippen LogP) is 6.00. The number of hydrogen-bond acceptors (Lipinski definition) is 8. The van der Waals surface area contributed by atoms with Crippen molar-refractivity contribution in [3.8, 4) is 0 Å². The van der Waals surface area contributed by atoms with Gasteiger partial charge in [0.15, 0.2) is 5.78 Å². The molecule has 54 heavy (non-hydrogen) atoms. The second-order valence-corrected chi connectivity index (χ2v) is 17.1. The Morgan fingerprint density at radius 1 is 1.00 bits per heavy atom. The van der Waals surface area contributed by atoms with Crippen molar-refractivity contribution in [3.05, 3.63) is 48.0 Å². The first-order valence-electron chi connectivity index (χ1n) is 20.6. The third kappa shape index (κ3) is 9.67. The van der Waals surface area contributed by atoms with Gasteiger partial charge in [0.05, 0.1) is 24.6 Å². The highest BCUT2D eigenvalue weighted by Gasteiger charge is 2.45. The Morgan fingerprint density at radius 3 is 2.33 bits per heavy atom. The molecule has 1 aromatic carbocycles. The topological polar surface area (TPSA) is 138 Å². The molecular formula is C43H66N6O5. The summed E-state index contributed by atoms with van der Waals surface area (Å²) in [6.07, 6.45) is 8.13. The second-order valence-electron chi connectivity index (χ2n) is 17.1. The number of carbonyl (C=O) groups is 4. The van der Waals surface area contributed by atoms with E-state index < -0.39 is 12.0 Å². The number of Topliss-reactive ketones (excluding diaryl/α,β-unsaturated/α-hetero) is 2. The van der Waals surface area contributed by atoms with Gasteiger partial charge in [0, 0.05) is 63.4 Å². The fourth-order valence-corrected chi connectivity index (χ4v) is 9.73. The summed E-state index contributed by atoms with van der Waals surface area (Å²) in [5, 5.41) is 10.6. The van der Waals surface area contributed by atoms with E-state index in [2.05, 4.69) is 53.4 Å². The van der Waals surface area contributed by atoms with Crippen LogP contribution in [0.5, 0.6) is 0 Å². The largest absolute Gasteiger partial charge is 0.379 e. The molecule has 11 atom stereocenters. The highest BCUT2D eigenvalue weighted by atomic mass is 16.5. The average Bonchev–Trinajstić information content (AvgIpc) is 4.02. The van der Waals surface area contributed by atoms with E-state index in [0.29, 0.717) is 37.2 Å². The maximum absolute atomic E-state index is 14.3. The Kier molecular flexibility index (Phi) is 14.6. The molecule has 1 saturated carbocycles. The molecule has 3 fully saturated rings. The van der Waals surface area contributed by atoms with Crippen LogP contribution in [0.25, 0.3) is 0 Å². The summed E-state index contributed by atoms with van der Waals surface area (Å²) in [5.41, 5.74) is 1.14. The van der Waals surface area contributed by atoms with E-state index >= 15 is 0 Å². The van der Waals surface area contributed by atoms with Crippen molar-refractivity contribution in [2.45, 2.75) is 142 Å². The number of likely N-dealkylation sites (N-methyl/N-ethyl adjacent to an activating group) is 1. The lowest BCUT2D eigenvalue weighted by Crippen LogP contribution is -2.53. The molecule has 298 valence electrons. The monoisotopic (exact) mass is 747 g/mol. The number of piperidine rings is 1. The molecule has 11 nitrogen and oxygen atoms in total. The van der Waals surface area contributed by atoms with Crippen LogP contribution in [0.3, 0.4) is 0 Å². The molecule has 1 aliphatic carbocycles. The van der Waals surface area contributed by atoms with Crippen LogP contribution in [0.2, 0.25) is 0 Å². The number of carbonyl (C=O) groups excluding carboxylic acids is 4. The molecule has 5 rings (SSSR count). The summed E-state index contributed by atoms with van der Waals surface area (Å²) in [6, 6.07) is 10.00. The van der Waals surface area contributed by atoms with Gasteiger partial charge in [0.25, 0.3) is 0 Å². The zero-order valence-corrected chi connectivity index (χ0v) is 34.0. The lowest BCUT2D eigenvalue weighted by Gasteiger charge is -2.41. The van der Waals surface area contributed by atoms with Gasteiger partial charge < -0.3 is 19.9 Å². The standard InChI is InChI=1S/C43H66N6O5/c1-9-27(4)41(48(7)43(53)34(26(2)3)23-37(51)40-31-17-18-33(21-31)46-40)38(54-8)24-39(52)49-19-13-16-35(49)28(5)29(6)36(50)22-32(42-44-25-45-47-42)20-30-14-11-10-12-15-30/h10-12,14-15,25-29,31-35,38,40-41,46H,9,13,16-24H2,1-8H3,(H,44,45,47)/t27-,28+,29+,31-,32+,33+,34-,35-,38+,40-,41-/m0/s1. The first-order chi connectivity index (χ1) is 25.8. The molecule has 2 bridgehead atoms. The van der Waals surface area contributed by atoms with Crippen LogP contribution in [-0.2, 0) is 30.3 Å². The smallest absolute Gasteiger partial charge is 0.226 e. The minimum Gasteiger partial charge on any atom is -0.379 e. The Labute approximate surface area is 323 Å². The fourth-order valence-electron chi connectivity index (χ4n) is 9.73. The number of methoxy groups -OCH3 is 1. The maximum Gasteiger partial charge on any atom is 0.226 e. The lowest BCUT2D eigenvalue weighted by molar-refractivity contribution is -0.148. The van der Waals surface area contributed by atoms with Crippen LogP contribution < -0.4 is 5.32 Å². The first-order valence-corrected chi connectivity index (χ1v) is 20.6. The average molecular weight is 747 g/mol. The molecule has 0 spiro atoms. The summed E-state index contributed by atoms with van der Waals surface area (Å²) in [4.78, 5) is 64.2. The summed E-state index contributed by atoms with van der Waals surface area (Å²) in [5.74, 6) is 0.508. The number of benzene rings is 1. The van der Waals surface area contributed by atoms with Crippen molar-refractivity contribution in [1.82, 2.24) is 30.3 Å². The van der Waals surface area contributed by atoms with Crippen molar-refractivity contribution >= 4 is 23.4 Å². The summed E-state index contributed by atoms with van der Waals surface area (Å²) in [7, 11) is 3.45. The van der Waals surface area contributed by atoms with Gasteiger partial charge in [-0.25, -0.2) is 4.98 Å². The SMILES string of the molecule is CC[C@H](C)[C@@H]([C@@H](CC(=O)N1CCC[C@H]1[C@H](C)[C@@H](C)C(=O)C[C@@H](Cc1ccccc1)c1ncn[nH]1)OC)N(C)C(=O)[C@@H](CC(=O)[C@H]1N[C@@H]2CC[C@H]1C2)C(C)C. The molecule has 2 saturated heterocycles. The highest BCUT2D eigenvalue weighted by Crippen LogP contribution is 2.38. The number of ketones is 2. The molecule has 2 N–H and O–H groups in total. The maximum atomic E-state index is 14.3. The van der Waals surface area contributed by atoms with Gasteiger partial charge in [-0.3, -0.25) is 24.3 Å². The lowest BCUT2D eigenvalue weighted by atomic mass is 9.81. The Morgan fingerprint density at radius 2 is 1.74 bits per heavy atom.